The Balaban J connectivity index is 1.35. The Hall–Kier alpha value is -2.83. The Kier molecular flexibility index (Phi) is 5.06. The normalized spacial score (nSPS) is 15.9. The molecular formula is C22H21F3N2O2. The molecule has 1 aliphatic carbocycles. The van der Waals surface area contributed by atoms with E-state index in [2.05, 4.69) is 5.32 Å². The van der Waals surface area contributed by atoms with E-state index < -0.39 is 11.7 Å². The van der Waals surface area contributed by atoms with Crippen LogP contribution in [0.2, 0.25) is 0 Å². The van der Waals surface area contributed by atoms with Crippen molar-refractivity contribution in [3.05, 3.63) is 59.2 Å². The second kappa shape index (κ2) is 7.54. The van der Waals surface area contributed by atoms with Crippen molar-refractivity contribution in [1.29, 1.82) is 0 Å². The molecule has 0 radical (unpaired) electrons. The van der Waals surface area contributed by atoms with Gasteiger partial charge in [0.1, 0.15) is 0 Å². The summed E-state index contributed by atoms with van der Waals surface area (Å²) in [7, 11) is 0. The van der Waals surface area contributed by atoms with E-state index in [0.29, 0.717) is 24.2 Å². The Morgan fingerprint density at radius 3 is 2.45 bits per heavy atom. The molecule has 1 N–H and O–H groups in total. The third-order valence-electron chi connectivity index (χ3n) is 5.38. The van der Waals surface area contributed by atoms with Crippen molar-refractivity contribution in [3.63, 3.8) is 0 Å². The molecule has 2 aromatic rings. The van der Waals surface area contributed by atoms with E-state index >= 15 is 0 Å². The lowest BCUT2D eigenvalue weighted by Gasteiger charge is -2.18. The minimum absolute atomic E-state index is 0.142. The highest BCUT2D eigenvalue weighted by molar-refractivity contribution is 5.99. The zero-order valence-electron chi connectivity index (χ0n) is 15.8. The van der Waals surface area contributed by atoms with E-state index in [0.717, 1.165) is 42.6 Å². The van der Waals surface area contributed by atoms with E-state index in [1.807, 2.05) is 23.1 Å². The molecule has 0 aromatic heterocycles. The number of nitrogens with one attached hydrogen (secondary N) is 1. The molecule has 152 valence electrons. The molecule has 1 aliphatic heterocycles. The van der Waals surface area contributed by atoms with Crippen LogP contribution in [0.5, 0.6) is 0 Å². The molecule has 2 amide bonds. The second-order valence-electron chi connectivity index (χ2n) is 7.60. The highest BCUT2D eigenvalue weighted by Gasteiger charge is 2.36. The SMILES string of the molecule is O=C(CCc1ccc(C(F)(F)F)cc1)Nc1ccc2c(c1)N(C(=O)C1CC1)CC2. The number of aryl methyl sites for hydroxylation is 1. The number of carbonyl (C=O) groups is 2. The summed E-state index contributed by atoms with van der Waals surface area (Å²) in [4.78, 5) is 26.5. The van der Waals surface area contributed by atoms with Crippen LogP contribution >= 0.6 is 0 Å². The lowest BCUT2D eigenvalue weighted by Crippen LogP contribution is -2.30. The van der Waals surface area contributed by atoms with Crippen molar-refractivity contribution in [2.24, 2.45) is 5.92 Å². The molecule has 2 aromatic carbocycles. The summed E-state index contributed by atoms with van der Waals surface area (Å²) < 4.78 is 37.8. The number of rotatable bonds is 5. The molecule has 2 aliphatic rings. The van der Waals surface area contributed by atoms with Crippen LogP contribution in [-0.4, -0.2) is 18.4 Å². The Labute approximate surface area is 166 Å². The average molecular weight is 402 g/mol. The number of halogens is 3. The molecule has 0 unspecified atom stereocenters. The lowest BCUT2D eigenvalue weighted by atomic mass is 10.1. The monoisotopic (exact) mass is 402 g/mol. The number of carbonyl (C=O) groups excluding carboxylic acids is 2. The van der Waals surface area contributed by atoms with Gasteiger partial charge in [-0.15, -0.1) is 0 Å². The molecule has 0 spiro atoms. The van der Waals surface area contributed by atoms with Gasteiger partial charge in [-0.3, -0.25) is 9.59 Å². The first-order chi connectivity index (χ1) is 13.8. The number of amides is 2. The lowest BCUT2D eigenvalue weighted by molar-refractivity contribution is -0.137. The molecule has 4 nitrogen and oxygen atoms in total. The van der Waals surface area contributed by atoms with E-state index in [9.17, 15) is 22.8 Å². The molecule has 1 fully saturated rings. The number of benzene rings is 2. The fourth-order valence-corrected chi connectivity index (χ4v) is 3.58. The molecule has 29 heavy (non-hydrogen) atoms. The molecule has 0 saturated heterocycles. The third kappa shape index (κ3) is 4.44. The van der Waals surface area contributed by atoms with Gasteiger partial charge < -0.3 is 10.2 Å². The maximum atomic E-state index is 12.6. The number of hydrogen-bond donors (Lipinski definition) is 1. The quantitative estimate of drug-likeness (QED) is 0.796. The zero-order chi connectivity index (χ0) is 20.6. The fraction of sp³-hybridized carbons (Fsp3) is 0.364. The number of fused-ring (bicyclic) bond motifs is 1. The highest BCUT2D eigenvalue weighted by Crippen LogP contribution is 2.37. The van der Waals surface area contributed by atoms with Gasteiger partial charge in [0.2, 0.25) is 11.8 Å². The predicted octanol–water partition coefficient (Wildman–Crippen LogP) is 4.58. The van der Waals surface area contributed by atoms with Gasteiger partial charge in [-0.05, 0) is 61.1 Å². The summed E-state index contributed by atoms with van der Waals surface area (Å²) in [5.74, 6) is 0.0837. The van der Waals surface area contributed by atoms with Gasteiger partial charge >= 0.3 is 6.18 Å². The van der Waals surface area contributed by atoms with Crippen molar-refractivity contribution in [1.82, 2.24) is 0 Å². The first kappa shape index (κ1) is 19.5. The maximum absolute atomic E-state index is 12.6. The third-order valence-corrected chi connectivity index (χ3v) is 5.38. The number of hydrogen-bond acceptors (Lipinski definition) is 2. The van der Waals surface area contributed by atoms with Crippen molar-refractivity contribution < 1.29 is 22.8 Å². The molecule has 4 rings (SSSR count). The Morgan fingerprint density at radius 2 is 1.79 bits per heavy atom. The Morgan fingerprint density at radius 1 is 1.07 bits per heavy atom. The predicted molar refractivity (Wildman–Crippen MR) is 104 cm³/mol. The summed E-state index contributed by atoms with van der Waals surface area (Å²) in [6.07, 6.45) is -1.14. The van der Waals surface area contributed by atoms with Gasteiger partial charge in [0.15, 0.2) is 0 Å². The minimum atomic E-state index is -4.36. The molecule has 1 heterocycles. The molecular weight excluding hydrogens is 381 g/mol. The van der Waals surface area contributed by atoms with Crippen LogP contribution in [0, 0.1) is 5.92 Å². The van der Waals surface area contributed by atoms with Gasteiger partial charge in [-0.25, -0.2) is 0 Å². The van der Waals surface area contributed by atoms with Crippen molar-refractivity contribution in [2.45, 2.75) is 38.3 Å². The fourth-order valence-electron chi connectivity index (χ4n) is 3.58. The summed E-state index contributed by atoms with van der Waals surface area (Å²) in [6.45, 7) is 0.677. The minimum Gasteiger partial charge on any atom is -0.326 e. The summed E-state index contributed by atoms with van der Waals surface area (Å²) in [5.41, 5.74) is 2.55. The van der Waals surface area contributed by atoms with Gasteiger partial charge in [0.05, 0.1) is 5.56 Å². The average Bonchev–Trinajstić information content (AvgIpc) is 3.45. The van der Waals surface area contributed by atoms with Crippen LogP contribution in [0.25, 0.3) is 0 Å². The molecule has 0 atom stereocenters. The first-order valence-electron chi connectivity index (χ1n) is 9.71. The van der Waals surface area contributed by atoms with Gasteiger partial charge in [0.25, 0.3) is 0 Å². The van der Waals surface area contributed by atoms with Crippen LogP contribution in [0.4, 0.5) is 24.5 Å². The summed E-state index contributed by atoms with van der Waals surface area (Å²) in [6, 6.07) is 10.4. The molecule has 7 heteroatoms. The van der Waals surface area contributed by atoms with Crippen molar-refractivity contribution >= 4 is 23.2 Å². The number of nitrogens with zero attached hydrogens (tertiary/aromatic N) is 1. The summed E-state index contributed by atoms with van der Waals surface area (Å²) >= 11 is 0. The maximum Gasteiger partial charge on any atom is 0.416 e. The number of alkyl halides is 3. The van der Waals surface area contributed by atoms with Gasteiger partial charge in [0, 0.05) is 30.3 Å². The van der Waals surface area contributed by atoms with Crippen LogP contribution in [-0.2, 0) is 28.6 Å². The van der Waals surface area contributed by atoms with E-state index in [-0.39, 0.29) is 24.2 Å². The summed E-state index contributed by atoms with van der Waals surface area (Å²) in [5, 5.41) is 2.82. The number of anilines is 2. The van der Waals surface area contributed by atoms with Crippen LogP contribution < -0.4 is 10.2 Å². The highest BCUT2D eigenvalue weighted by atomic mass is 19.4. The van der Waals surface area contributed by atoms with E-state index in [1.54, 1.807) is 0 Å². The molecule has 0 bridgehead atoms. The first-order valence-corrected chi connectivity index (χ1v) is 9.71. The van der Waals surface area contributed by atoms with Crippen LogP contribution in [0.1, 0.15) is 36.0 Å². The smallest absolute Gasteiger partial charge is 0.326 e. The molecule has 1 saturated carbocycles. The largest absolute Gasteiger partial charge is 0.416 e. The van der Waals surface area contributed by atoms with Crippen LogP contribution in [0.3, 0.4) is 0 Å². The van der Waals surface area contributed by atoms with Crippen molar-refractivity contribution in [3.8, 4) is 0 Å². The van der Waals surface area contributed by atoms with Crippen LogP contribution in [0.15, 0.2) is 42.5 Å². The van der Waals surface area contributed by atoms with Crippen molar-refractivity contribution in [2.75, 3.05) is 16.8 Å². The van der Waals surface area contributed by atoms with E-state index in [1.165, 1.54) is 12.1 Å². The second-order valence-corrected chi connectivity index (χ2v) is 7.60. The van der Waals surface area contributed by atoms with E-state index in [4.69, 9.17) is 0 Å². The zero-order valence-corrected chi connectivity index (χ0v) is 15.8. The Bertz CT molecular complexity index is 934. The van der Waals surface area contributed by atoms with Gasteiger partial charge in [-0.2, -0.15) is 13.2 Å². The van der Waals surface area contributed by atoms with Gasteiger partial charge in [-0.1, -0.05) is 18.2 Å². The standard InChI is InChI=1S/C22H21F3N2O2/c23-22(24,25)17-7-1-14(2-8-17)3-10-20(28)26-18-9-6-15-11-12-27(19(15)13-18)21(29)16-4-5-16/h1-2,6-9,13,16H,3-5,10-12H2,(H,26,28). The topological polar surface area (TPSA) is 49.4 Å².